The first-order chi connectivity index (χ1) is 15.3. The van der Waals surface area contributed by atoms with Crippen LogP contribution in [0.15, 0.2) is 18.2 Å². The summed E-state index contributed by atoms with van der Waals surface area (Å²) in [5.74, 6) is 0.630. The van der Waals surface area contributed by atoms with Gasteiger partial charge in [-0.1, -0.05) is 28.0 Å². The van der Waals surface area contributed by atoms with Gasteiger partial charge in [0.25, 0.3) is 0 Å². The number of carbonyl (C=O) groups excluding carboxylic acids is 2. The number of ether oxygens (including phenoxy) is 6. The second kappa shape index (κ2) is 14.7. The molecule has 2 unspecified atom stereocenters. The number of carbonyl (C=O) groups is 2. The van der Waals surface area contributed by atoms with Gasteiger partial charge in [0.05, 0.1) is 20.3 Å². The van der Waals surface area contributed by atoms with Gasteiger partial charge in [-0.2, -0.15) is 0 Å². The van der Waals surface area contributed by atoms with Gasteiger partial charge in [0.2, 0.25) is 0 Å². The standard InChI is InChI=1S/C20H26O8.C2H5IS/c1-20(2)27-15(17(11-21)28-20)8-6-7-13-9-14(24-4)10-16(26-12-23-3)18(13)19(22)25-5;1-2-4-3/h6-7,9-11,15,17H,8,12H2,1-5H3;2H2,1H3/b7-6+;. The van der Waals surface area contributed by atoms with Crippen LogP contribution >= 0.6 is 30.1 Å². The van der Waals surface area contributed by atoms with E-state index in [0.29, 0.717) is 17.7 Å². The summed E-state index contributed by atoms with van der Waals surface area (Å²) in [7, 11) is 6.11. The summed E-state index contributed by atoms with van der Waals surface area (Å²) in [4.78, 5) is 23.5. The zero-order chi connectivity index (χ0) is 24.1. The minimum Gasteiger partial charge on any atom is -0.497 e. The molecule has 10 heteroatoms. The van der Waals surface area contributed by atoms with Crippen molar-refractivity contribution in [3.05, 3.63) is 29.3 Å². The van der Waals surface area contributed by atoms with E-state index in [1.165, 1.54) is 27.1 Å². The van der Waals surface area contributed by atoms with Gasteiger partial charge in [-0.25, -0.2) is 4.79 Å². The third-order valence-corrected chi connectivity index (χ3v) is 6.28. The fourth-order valence-corrected chi connectivity index (χ4v) is 2.91. The highest BCUT2D eigenvalue weighted by atomic mass is 127. The summed E-state index contributed by atoms with van der Waals surface area (Å²) in [6, 6.07) is 3.27. The van der Waals surface area contributed by atoms with Crippen molar-refractivity contribution in [3.63, 3.8) is 0 Å². The molecule has 1 aliphatic heterocycles. The Balaban J connectivity index is 0.00000118. The van der Waals surface area contributed by atoms with Crippen molar-refractivity contribution >= 4 is 48.5 Å². The molecule has 1 aliphatic rings. The Morgan fingerprint density at radius 3 is 2.47 bits per heavy atom. The normalized spacial score (nSPS) is 19.2. The molecule has 8 nitrogen and oxygen atoms in total. The molecule has 0 saturated carbocycles. The summed E-state index contributed by atoms with van der Waals surface area (Å²) >= 11 is 2.27. The van der Waals surface area contributed by atoms with Crippen LogP contribution in [0.2, 0.25) is 0 Å². The number of methoxy groups -OCH3 is 3. The maximum absolute atomic E-state index is 12.3. The van der Waals surface area contributed by atoms with Crippen LogP contribution in [0.5, 0.6) is 11.5 Å². The lowest BCUT2D eigenvalue weighted by molar-refractivity contribution is -0.149. The third-order valence-electron chi connectivity index (χ3n) is 4.19. The molecule has 1 aromatic carbocycles. The summed E-state index contributed by atoms with van der Waals surface area (Å²) in [6.07, 6.45) is 3.61. The Morgan fingerprint density at radius 1 is 1.25 bits per heavy atom. The minimum absolute atomic E-state index is 0.0380. The second-order valence-corrected chi connectivity index (χ2v) is 9.61. The van der Waals surface area contributed by atoms with Crippen LogP contribution in [0.25, 0.3) is 6.08 Å². The van der Waals surface area contributed by atoms with E-state index in [4.69, 9.17) is 28.4 Å². The van der Waals surface area contributed by atoms with E-state index >= 15 is 0 Å². The van der Waals surface area contributed by atoms with E-state index in [1.807, 2.05) is 8.93 Å². The first-order valence-electron chi connectivity index (χ1n) is 9.89. The summed E-state index contributed by atoms with van der Waals surface area (Å²) in [6.45, 7) is 5.61. The number of hydrogen-bond donors (Lipinski definition) is 0. The lowest BCUT2D eigenvalue weighted by atomic mass is 10.0. The largest absolute Gasteiger partial charge is 0.497 e. The van der Waals surface area contributed by atoms with Gasteiger partial charge in [0.1, 0.15) is 23.2 Å². The number of esters is 1. The van der Waals surface area contributed by atoms with Crippen molar-refractivity contribution in [3.8, 4) is 11.5 Å². The highest BCUT2D eigenvalue weighted by molar-refractivity contribution is 14.2. The van der Waals surface area contributed by atoms with Crippen LogP contribution in [0.3, 0.4) is 0 Å². The van der Waals surface area contributed by atoms with E-state index in [9.17, 15) is 9.59 Å². The van der Waals surface area contributed by atoms with Gasteiger partial charge in [-0.3, -0.25) is 0 Å². The molecule has 1 saturated heterocycles. The van der Waals surface area contributed by atoms with Crippen LogP contribution in [0, 0.1) is 0 Å². The van der Waals surface area contributed by atoms with E-state index < -0.39 is 24.0 Å². The van der Waals surface area contributed by atoms with Crippen LogP contribution in [0.4, 0.5) is 0 Å². The molecule has 2 atom stereocenters. The quantitative estimate of drug-likeness (QED) is 0.169. The lowest BCUT2D eigenvalue weighted by Gasteiger charge is -2.16. The van der Waals surface area contributed by atoms with Crippen molar-refractivity contribution in [2.24, 2.45) is 0 Å². The van der Waals surface area contributed by atoms with Gasteiger partial charge in [-0.05, 0) is 53.1 Å². The van der Waals surface area contributed by atoms with Crippen molar-refractivity contribution in [1.82, 2.24) is 0 Å². The molecule has 0 amide bonds. The maximum atomic E-state index is 12.3. The Bertz CT molecular complexity index is 767. The molecule has 0 aromatic heterocycles. The molecule has 0 spiro atoms. The number of halogens is 1. The van der Waals surface area contributed by atoms with Gasteiger partial charge in [0, 0.05) is 18.9 Å². The Morgan fingerprint density at radius 2 is 1.94 bits per heavy atom. The van der Waals surface area contributed by atoms with E-state index in [-0.39, 0.29) is 18.1 Å². The molecule has 2 rings (SSSR count). The first-order valence-corrected chi connectivity index (χ1v) is 13.4. The molecule has 0 N–H and O–H groups in total. The molecule has 0 bridgehead atoms. The predicted molar refractivity (Wildman–Crippen MR) is 133 cm³/mol. The van der Waals surface area contributed by atoms with Gasteiger partial charge in [0.15, 0.2) is 18.9 Å². The minimum atomic E-state index is -0.821. The van der Waals surface area contributed by atoms with Crippen molar-refractivity contribution < 1.29 is 38.0 Å². The van der Waals surface area contributed by atoms with E-state index in [1.54, 1.807) is 38.1 Å². The number of rotatable bonds is 10. The Hall–Kier alpha value is -1.34. The Labute approximate surface area is 205 Å². The highest BCUT2D eigenvalue weighted by Crippen LogP contribution is 2.32. The summed E-state index contributed by atoms with van der Waals surface area (Å²) in [5.41, 5.74) is 0.783. The van der Waals surface area contributed by atoms with Crippen molar-refractivity contribution in [2.45, 2.75) is 45.2 Å². The number of hydrogen-bond acceptors (Lipinski definition) is 9. The predicted octanol–water partition coefficient (Wildman–Crippen LogP) is 4.68. The van der Waals surface area contributed by atoms with E-state index in [2.05, 4.69) is 28.1 Å². The first kappa shape index (κ1) is 28.7. The van der Waals surface area contributed by atoms with Gasteiger partial charge >= 0.3 is 5.97 Å². The Kier molecular flexibility index (Phi) is 13.2. The zero-order valence-electron chi connectivity index (χ0n) is 19.2. The van der Waals surface area contributed by atoms with Crippen molar-refractivity contribution in [1.29, 1.82) is 0 Å². The van der Waals surface area contributed by atoms with Crippen LogP contribution in [-0.4, -0.2) is 64.1 Å². The molecule has 1 fully saturated rings. The van der Waals surface area contributed by atoms with Crippen LogP contribution < -0.4 is 9.47 Å². The molecular weight excluding hydrogens is 551 g/mol. The maximum Gasteiger partial charge on any atom is 0.342 e. The van der Waals surface area contributed by atoms with Crippen molar-refractivity contribution in [2.75, 3.05) is 33.9 Å². The smallest absolute Gasteiger partial charge is 0.342 e. The molecule has 180 valence electrons. The number of aldehydes is 1. The molecule has 0 aliphatic carbocycles. The van der Waals surface area contributed by atoms with Gasteiger partial charge < -0.3 is 33.2 Å². The topological polar surface area (TPSA) is 89.5 Å². The summed E-state index contributed by atoms with van der Waals surface area (Å²) < 4.78 is 31.9. The monoisotopic (exact) mass is 582 g/mol. The molecule has 0 radical (unpaired) electrons. The average molecular weight is 582 g/mol. The summed E-state index contributed by atoms with van der Waals surface area (Å²) in [5, 5.41) is 0. The van der Waals surface area contributed by atoms with Gasteiger partial charge in [-0.15, -0.1) is 0 Å². The van der Waals surface area contributed by atoms with Crippen LogP contribution in [0.1, 0.15) is 43.1 Å². The fraction of sp³-hybridized carbons (Fsp3) is 0.545. The van der Waals surface area contributed by atoms with E-state index in [0.717, 1.165) is 6.29 Å². The highest BCUT2D eigenvalue weighted by Gasteiger charge is 2.40. The fourth-order valence-electron chi connectivity index (χ4n) is 2.91. The molecular formula is C22H31IO8S. The SMILES string of the molecule is CCSI.COCOc1cc(OC)cc(/C=C/CC2OC(C)(C)OC2C=O)c1C(=O)OC. The molecule has 32 heavy (non-hydrogen) atoms. The average Bonchev–Trinajstić information content (AvgIpc) is 3.10. The molecule has 1 aromatic rings. The zero-order valence-corrected chi connectivity index (χ0v) is 22.2. The number of benzene rings is 1. The second-order valence-electron chi connectivity index (χ2n) is 6.94. The lowest BCUT2D eigenvalue weighted by Crippen LogP contribution is -2.23. The van der Waals surface area contributed by atoms with Crippen LogP contribution in [-0.2, 0) is 23.7 Å². The molecule has 1 heterocycles. The third kappa shape index (κ3) is 8.89.